The van der Waals surface area contributed by atoms with Crippen LogP contribution in [0.3, 0.4) is 0 Å². The van der Waals surface area contributed by atoms with Crippen LogP contribution in [-0.4, -0.2) is 24.9 Å². The van der Waals surface area contributed by atoms with E-state index in [4.69, 9.17) is 15.2 Å². The number of ether oxygens (including phenoxy) is 2. The highest BCUT2D eigenvalue weighted by Crippen LogP contribution is 2.34. The number of benzene rings is 2. The zero-order chi connectivity index (χ0) is 28.7. The standard InChI is InChI=1S/C32H44N2O4/c1-21(2)24-13-15-26(16-14-24)31(6,7)28(38-29(33)35)19-23(5)17-18-37-30(36)34-32(8,9)27-12-10-11-25(20-27)22(3)4/h10-16,20,23,28H,1,3,17-19H2,2,4-9H3,(H2,33,35)(H,34,36). The van der Waals surface area contributed by atoms with Gasteiger partial charge in [-0.05, 0) is 74.8 Å². The highest BCUT2D eigenvalue weighted by Gasteiger charge is 2.35. The van der Waals surface area contributed by atoms with Gasteiger partial charge < -0.3 is 20.5 Å². The minimum Gasteiger partial charge on any atom is -0.450 e. The molecule has 2 atom stereocenters. The number of carbonyl (C=O) groups is 2. The van der Waals surface area contributed by atoms with Crippen LogP contribution in [0.25, 0.3) is 11.1 Å². The largest absolute Gasteiger partial charge is 0.450 e. The van der Waals surface area contributed by atoms with Crippen molar-refractivity contribution in [1.82, 2.24) is 5.32 Å². The highest BCUT2D eigenvalue weighted by atomic mass is 16.6. The molecule has 0 saturated heterocycles. The maximum atomic E-state index is 12.6. The molecule has 2 aromatic carbocycles. The van der Waals surface area contributed by atoms with Gasteiger partial charge in [-0.2, -0.15) is 0 Å². The summed E-state index contributed by atoms with van der Waals surface area (Å²) in [5.41, 5.74) is 10.4. The summed E-state index contributed by atoms with van der Waals surface area (Å²) in [7, 11) is 0. The Morgan fingerprint density at radius 2 is 1.55 bits per heavy atom. The Bertz CT molecular complexity index is 1150. The van der Waals surface area contributed by atoms with E-state index in [2.05, 4.69) is 18.5 Å². The smallest absolute Gasteiger partial charge is 0.407 e. The highest BCUT2D eigenvalue weighted by molar-refractivity contribution is 5.69. The van der Waals surface area contributed by atoms with Gasteiger partial charge in [0.15, 0.2) is 0 Å². The number of nitrogens with two attached hydrogens (primary N) is 1. The van der Waals surface area contributed by atoms with Gasteiger partial charge in [-0.25, -0.2) is 9.59 Å². The number of rotatable bonds is 12. The van der Waals surface area contributed by atoms with Crippen LogP contribution in [0.15, 0.2) is 61.7 Å². The van der Waals surface area contributed by atoms with Gasteiger partial charge in [-0.3, -0.25) is 0 Å². The van der Waals surface area contributed by atoms with Crippen molar-refractivity contribution in [3.63, 3.8) is 0 Å². The molecule has 2 unspecified atom stereocenters. The fraction of sp³-hybridized carbons (Fsp3) is 0.438. The predicted octanol–water partition coefficient (Wildman–Crippen LogP) is 7.57. The molecular formula is C32H44N2O4. The maximum Gasteiger partial charge on any atom is 0.407 e. The van der Waals surface area contributed by atoms with Gasteiger partial charge in [-0.1, -0.05) is 87.5 Å². The first kappa shape index (κ1) is 30.7. The molecule has 6 nitrogen and oxygen atoms in total. The van der Waals surface area contributed by atoms with Gasteiger partial charge in [0.25, 0.3) is 0 Å². The van der Waals surface area contributed by atoms with E-state index in [1.807, 2.05) is 97.0 Å². The molecule has 0 aromatic heterocycles. The summed E-state index contributed by atoms with van der Waals surface area (Å²) in [6.07, 6.45) is -0.544. The second-order valence-corrected chi connectivity index (χ2v) is 11.4. The number of hydrogen-bond acceptors (Lipinski definition) is 4. The molecule has 0 spiro atoms. The van der Waals surface area contributed by atoms with Crippen LogP contribution < -0.4 is 11.1 Å². The van der Waals surface area contributed by atoms with Crippen molar-refractivity contribution >= 4 is 23.3 Å². The molecule has 2 amide bonds. The first-order valence-corrected chi connectivity index (χ1v) is 13.1. The summed E-state index contributed by atoms with van der Waals surface area (Å²) in [5.74, 6) is 0.112. The summed E-state index contributed by atoms with van der Waals surface area (Å²) in [6.45, 7) is 22.1. The summed E-state index contributed by atoms with van der Waals surface area (Å²) in [5, 5.41) is 2.95. The lowest BCUT2D eigenvalue weighted by atomic mass is 9.75. The van der Waals surface area contributed by atoms with Crippen molar-refractivity contribution in [2.75, 3.05) is 6.61 Å². The molecule has 6 heteroatoms. The summed E-state index contributed by atoms with van der Waals surface area (Å²) in [4.78, 5) is 24.3. The Morgan fingerprint density at radius 1 is 0.947 bits per heavy atom. The van der Waals surface area contributed by atoms with Gasteiger partial charge >= 0.3 is 12.2 Å². The normalized spacial score (nSPS) is 13.2. The third kappa shape index (κ3) is 8.51. The van der Waals surface area contributed by atoms with Crippen LogP contribution in [0.2, 0.25) is 0 Å². The monoisotopic (exact) mass is 520 g/mol. The molecule has 2 aromatic rings. The molecule has 0 heterocycles. The Labute approximate surface area is 228 Å². The van der Waals surface area contributed by atoms with E-state index in [1.165, 1.54) is 0 Å². The number of nitrogens with one attached hydrogen (secondary N) is 1. The molecule has 38 heavy (non-hydrogen) atoms. The van der Waals surface area contributed by atoms with Crippen LogP contribution in [0, 0.1) is 5.92 Å². The first-order chi connectivity index (χ1) is 17.6. The van der Waals surface area contributed by atoms with Gasteiger partial charge in [0.05, 0.1) is 12.1 Å². The lowest BCUT2D eigenvalue weighted by molar-refractivity contribution is 0.0438. The molecule has 0 aliphatic heterocycles. The molecule has 0 saturated carbocycles. The molecule has 0 aliphatic carbocycles. The number of amides is 2. The minimum absolute atomic E-state index is 0.112. The van der Waals surface area contributed by atoms with E-state index < -0.39 is 29.2 Å². The lowest BCUT2D eigenvalue weighted by Crippen LogP contribution is -2.41. The topological polar surface area (TPSA) is 90.7 Å². The van der Waals surface area contributed by atoms with Crippen molar-refractivity contribution in [2.24, 2.45) is 11.7 Å². The van der Waals surface area contributed by atoms with Crippen LogP contribution in [0.5, 0.6) is 0 Å². The Kier molecular flexibility index (Phi) is 10.3. The van der Waals surface area contributed by atoms with E-state index in [9.17, 15) is 9.59 Å². The van der Waals surface area contributed by atoms with Crippen molar-refractivity contribution < 1.29 is 19.1 Å². The van der Waals surface area contributed by atoms with E-state index >= 15 is 0 Å². The molecule has 2 rings (SSSR count). The molecule has 206 valence electrons. The third-order valence-electron chi connectivity index (χ3n) is 7.14. The molecule has 0 bridgehead atoms. The summed E-state index contributed by atoms with van der Waals surface area (Å²) >= 11 is 0. The molecule has 0 radical (unpaired) electrons. The Hall–Kier alpha value is -3.54. The zero-order valence-corrected chi connectivity index (χ0v) is 24.0. The summed E-state index contributed by atoms with van der Waals surface area (Å²) < 4.78 is 11.1. The minimum atomic E-state index is -0.803. The van der Waals surface area contributed by atoms with Gasteiger partial charge in [-0.15, -0.1) is 0 Å². The zero-order valence-electron chi connectivity index (χ0n) is 24.0. The number of carbonyl (C=O) groups excluding carboxylic acids is 2. The molecular weight excluding hydrogens is 476 g/mol. The van der Waals surface area contributed by atoms with Crippen molar-refractivity contribution in [3.8, 4) is 0 Å². The van der Waals surface area contributed by atoms with E-state index in [0.29, 0.717) is 12.8 Å². The van der Waals surface area contributed by atoms with Gasteiger partial charge in [0.1, 0.15) is 6.10 Å². The number of hydrogen-bond donors (Lipinski definition) is 2. The number of allylic oxidation sites excluding steroid dienone is 2. The van der Waals surface area contributed by atoms with E-state index in [0.717, 1.165) is 33.4 Å². The predicted molar refractivity (Wildman–Crippen MR) is 156 cm³/mol. The second kappa shape index (κ2) is 12.8. The average Bonchev–Trinajstić information content (AvgIpc) is 2.83. The van der Waals surface area contributed by atoms with Crippen LogP contribution in [0.1, 0.15) is 83.6 Å². The number of alkyl carbamates (subject to hydrolysis) is 1. The Balaban J connectivity index is 1.98. The van der Waals surface area contributed by atoms with E-state index in [1.54, 1.807) is 0 Å². The number of primary amides is 1. The van der Waals surface area contributed by atoms with Crippen LogP contribution in [-0.2, 0) is 20.4 Å². The fourth-order valence-corrected chi connectivity index (χ4v) is 4.37. The molecule has 0 aliphatic rings. The summed E-state index contributed by atoms with van der Waals surface area (Å²) in [6, 6.07) is 16.1. The maximum absolute atomic E-state index is 12.6. The average molecular weight is 521 g/mol. The lowest BCUT2D eigenvalue weighted by Gasteiger charge is -2.35. The quantitative estimate of drug-likeness (QED) is 0.302. The van der Waals surface area contributed by atoms with Crippen molar-refractivity contribution in [1.29, 1.82) is 0 Å². The van der Waals surface area contributed by atoms with E-state index in [-0.39, 0.29) is 12.5 Å². The van der Waals surface area contributed by atoms with Crippen LogP contribution >= 0.6 is 0 Å². The van der Waals surface area contributed by atoms with Crippen molar-refractivity contribution in [2.45, 2.75) is 78.4 Å². The van der Waals surface area contributed by atoms with Crippen molar-refractivity contribution in [3.05, 3.63) is 83.9 Å². The first-order valence-electron chi connectivity index (χ1n) is 13.1. The van der Waals surface area contributed by atoms with Gasteiger partial charge in [0, 0.05) is 5.41 Å². The fourth-order valence-electron chi connectivity index (χ4n) is 4.37. The molecule has 3 N–H and O–H groups in total. The third-order valence-corrected chi connectivity index (χ3v) is 7.14. The van der Waals surface area contributed by atoms with Gasteiger partial charge in [0.2, 0.25) is 0 Å². The second-order valence-electron chi connectivity index (χ2n) is 11.4. The SMILES string of the molecule is C=C(C)c1ccc(C(C)(C)C(CC(C)CCOC(=O)NC(C)(C)c2cccc(C(=C)C)c2)OC(N)=O)cc1. The molecule has 0 fully saturated rings. The van der Waals surface area contributed by atoms with Crippen LogP contribution in [0.4, 0.5) is 9.59 Å². The Morgan fingerprint density at radius 3 is 2.11 bits per heavy atom.